The summed E-state index contributed by atoms with van der Waals surface area (Å²) in [5, 5.41) is 3.15. The van der Waals surface area contributed by atoms with E-state index in [2.05, 4.69) is 5.32 Å². The van der Waals surface area contributed by atoms with Crippen LogP contribution in [-0.4, -0.2) is 24.8 Å². The molecular formula is C11H19F2NO. The second-order valence-electron chi connectivity index (χ2n) is 4.33. The molecule has 0 aliphatic carbocycles. The summed E-state index contributed by atoms with van der Waals surface area (Å²) in [5.74, 6) is 0.604. The Morgan fingerprint density at radius 1 is 1.53 bits per heavy atom. The Morgan fingerprint density at radius 2 is 2.27 bits per heavy atom. The minimum Gasteiger partial charge on any atom is -0.307 e. The van der Waals surface area contributed by atoms with Crippen molar-refractivity contribution in [2.45, 2.75) is 51.5 Å². The van der Waals surface area contributed by atoms with Gasteiger partial charge >= 0.3 is 0 Å². The van der Waals surface area contributed by atoms with Crippen LogP contribution in [0.3, 0.4) is 0 Å². The third-order valence-corrected chi connectivity index (χ3v) is 3.04. The average molecular weight is 219 g/mol. The second kappa shape index (κ2) is 6.16. The molecule has 2 nitrogen and oxygen atoms in total. The Labute approximate surface area is 89.4 Å². The largest absolute Gasteiger partial charge is 0.307 e. The fourth-order valence-corrected chi connectivity index (χ4v) is 2.13. The molecule has 0 aromatic heterocycles. The first kappa shape index (κ1) is 12.6. The van der Waals surface area contributed by atoms with Gasteiger partial charge < -0.3 is 5.32 Å². The molecule has 1 rings (SSSR count). The van der Waals surface area contributed by atoms with E-state index >= 15 is 0 Å². The van der Waals surface area contributed by atoms with Crippen molar-refractivity contribution in [3.63, 3.8) is 0 Å². The Balaban J connectivity index is 2.21. The summed E-state index contributed by atoms with van der Waals surface area (Å²) in [5.41, 5.74) is 0. The molecule has 2 atom stereocenters. The van der Waals surface area contributed by atoms with Crippen molar-refractivity contribution < 1.29 is 13.6 Å². The van der Waals surface area contributed by atoms with E-state index in [1.165, 1.54) is 0 Å². The molecule has 0 spiro atoms. The van der Waals surface area contributed by atoms with Crippen LogP contribution in [0.5, 0.6) is 0 Å². The van der Waals surface area contributed by atoms with Gasteiger partial charge in [-0.05, 0) is 38.6 Å². The van der Waals surface area contributed by atoms with Crippen LogP contribution < -0.4 is 5.32 Å². The van der Waals surface area contributed by atoms with Crippen molar-refractivity contribution in [2.24, 2.45) is 5.92 Å². The van der Waals surface area contributed by atoms with Gasteiger partial charge in [0.1, 0.15) is 5.78 Å². The van der Waals surface area contributed by atoms with Gasteiger partial charge in [0.25, 0.3) is 0 Å². The molecule has 0 radical (unpaired) electrons. The minimum absolute atomic E-state index is 0.00529. The first-order chi connectivity index (χ1) is 7.09. The van der Waals surface area contributed by atoms with Crippen LogP contribution in [0.15, 0.2) is 0 Å². The predicted octanol–water partition coefficient (Wildman–Crippen LogP) is 2.38. The number of halogens is 2. The number of ketones is 1. The van der Waals surface area contributed by atoms with Crippen molar-refractivity contribution in [2.75, 3.05) is 6.54 Å². The number of hydrogen-bond acceptors (Lipinski definition) is 2. The van der Waals surface area contributed by atoms with E-state index in [0.29, 0.717) is 12.3 Å². The number of rotatable bonds is 5. The summed E-state index contributed by atoms with van der Waals surface area (Å²) >= 11 is 0. The zero-order valence-corrected chi connectivity index (χ0v) is 9.14. The van der Waals surface area contributed by atoms with E-state index in [0.717, 1.165) is 25.8 Å². The monoisotopic (exact) mass is 219 g/mol. The van der Waals surface area contributed by atoms with Crippen LogP contribution in [0, 0.1) is 5.92 Å². The van der Waals surface area contributed by atoms with Crippen molar-refractivity contribution in [3.05, 3.63) is 0 Å². The molecule has 1 aliphatic heterocycles. The maximum atomic E-state index is 11.9. The van der Waals surface area contributed by atoms with Crippen molar-refractivity contribution in [1.29, 1.82) is 0 Å². The van der Waals surface area contributed by atoms with E-state index in [4.69, 9.17) is 0 Å². The lowest BCUT2D eigenvalue weighted by molar-refractivity contribution is -0.119. The smallest absolute Gasteiger partial charge is 0.238 e. The fraction of sp³-hybridized carbons (Fsp3) is 0.909. The lowest BCUT2D eigenvalue weighted by Crippen LogP contribution is -2.42. The molecule has 88 valence electrons. The summed E-state index contributed by atoms with van der Waals surface area (Å²) in [6.07, 6.45) is 1.04. The minimum atomic E-state index is -2.18. The first-order valence-corrected chi connectivity index (χ1v) is 5.61. The molecule has 1 aliphatic rings. The summed E-state index contributed by atoms with van der Waals surface area (Å²) < 4.78 is 23.9. The number of hydrogen-bond donors (Lipinski definition) is 1. The standard InChI is InChI=1S/C11H19F2NO/c1-8(15)10-7-9(5-6-14-10)3-2-4-11(12)13/h9-11,14H,2-7H2,1H3/t9-,10+/m1/s1. The van der Waals surface area contributed by atoms with E-state index in [1.54, 1.807) is 6.92 Å². The molecule has 1 N–H and O–H groups in total. The lowest BCUT2D eigenvalue weighted by Gasteiger charge is -2.28. The van der Waals surface area contributed by atoms with Gasteiger partial charge in [0.15, 0.2) is 0 Å². The summed E-state index contributed by atoms with van der Waals surface area (Å²) in [7, 11) is 0. The molecule has 1 saturated heterocycles. The summed E-state index contributed by atoms with van der Waals surface area (Å²) in [6.45, 7) is 2.42. The second-order valence-corrected chi connectivity index (χ2v) is 4.33. The number of piperidine rings is 1. The number of Topliss-reactive ketones (excluding diaryl/α,β-unsaturated/α-hetero) is 1. The molecule has 0 aromatic carbocycles. The van der Waals surface area contributed by atoms with Gasteiger partial charge in [0.05, 0.1) is 6.04 Å². The summed E-state index contributed by atoms with van der Waals surface area (Å²) in [4.78, 5) is 11.1. The van der Waals surface area contributed by atoms with Crippen molar-refractivity contribution in [3.8, 4) is 0 Å². The molecule has 1 fully saturated rings. The van der Waals surface area contributed by atoms with Gasteiger partial charge in [-0.2, -0.15) is 0 Å². The molecule has 0 saturated carbocycles. The van der Waals surface area contributed by atoms with Gasteiger partial charge in [-0.1, -0.05) is 6.42 Å². The zero-order valence-electron chi connectivity index (χ0n) is 9.14. The number of alkyl halides is 2. The van der Waals surface area contributed by atoms with Crippen molar-refractivity contribution in [1.82, 2.24) is 5.32 Å². The Morgan fingerprint density at radius 3 is 2.87 bits per heavy atom. The van der Waals surface area contributed by atoms with Crippen LogP contribution in [0.1, 0.15) is 39.0 Å². The molecule has 0 bridgehead atoms. The zero-order chi connectivity index (χ0) is 11.3. The van der Waals surface area contributed by atoms with E-state index in [-0.39, 0.29) is 18.2 Å². The summed E-state index contributed by atoms with van der Waals surface area (Å²) in [6, 6.07) is -0.0460. The quantitative estimate of drug-likeness (QED) is 0.769. The van der Waals surface area contributed by atoms with E-state index in [9.17, 15) is 13.6 Å². The van der Waals surface area contributed by atoms with Gasteiger partial charge in [-0.3, -0.25) is 4.79 Å². The van der Waals surface area contributed by atoms with Crippen LogP contribution >= 0.6 is 0 Å². The van der Waals surface area contributed by atoms with E-state index < -0.39 is 6.43 Å². The maximum Gasteiger partial charge on any atom is 0.238 e. The predicted molar refractivity (Wildman–Crippen MR) is 55.1 cm³/mol. The highest BCUT2D eigenvalue weighted by Gasteiger charge is 2.24. The fourth-order valence-electron chi connectivity index (χ4n) is 2.13. The molecule has 0 unspecified atom stereocenters. The third kappa shape index (κ3) is 4.69. The van der Waals surface area contributed by atoms with Gasteiger partial charge in [0.2, 0.25) is 6.43 Å². The Kier molecular flexibility index (Phi) is 5.15. The molecular weight excluding hydrogens is 200 g/mol. The van der Waals surface area contributed by atoms with Crippen LogP contribution in [0.2, 0.25) is 0 Å². The molecule has 4 heteroatoms. The third-order valence-electron chi connectivity index (χ3n) is 3.04. The highest BCUT2D eigenvalue weighted by atomic mass is 19.3. The number of nitrogens with one attached hydrogen (secondary N) is 1. The highest BCUT2D eigenvalue weighted by Crippen LogP contribution is 2.23. The molecule has 1 heterocycles. The first-order valence-electron chi connectivity index (χ1n) is 5.61. The SMILES string of the molecule is CC(=O)[C@@H]1C[C@H](CCCC(F)F)CCN1. The van der Waals surface area contributed by atoms with Gasteiger partial charge in [-0.25, -0.2) is 8.78 Å². The molecule has 15 heavy (non-hydrogen) atoms. The Hall–Kier alpha value is -0.510. The Bertz CT molecular complexity index is 209. The molecule has 0 aromatic rings. The van der Waals surface area contributed by atoms with Crippen LogP contribution in [-0.2, 0) is 4.79 Å². The average Bonchev–Trinajstić information content (AvgIpc) is 2.17. The topological polar surface area (TPSA) is 29.1 Å². The number of carbonyl (C=O) groups excluding carboxylic acids is 1. The van der Waals surface area contributed by atoms with Gasteiger partial charge in [-0.15, -0.1) is 0 Å². The normalized spacial score (nSPS) is 26.9. The number of carbonyl (C=O) groups is 1. The van der Waals surface area contributed by atoms with E-state index in [1.807, 2.05) is 0 Å². The van der Waals surface area contributed by atoms with Crippen LogP contribution in [0.25, 0.3) is 0 Å². The van der Waals surface area contributed by atoms with Gasteiger partial charge in [0, 0.05) is 6.42 Å². The highest BCUT2D eigenvalue weighted by molar-refractivity contribution is 5.81. The molecule has 0 amide bonds. The van der Waals surface area contributed by atoms with Crippen LogP contribution in [0.4, 0.5) is 8.78 Å². The maximum absolute atomic E-state index is 11.9. The lowest BCUT2D eigenvalue weighted by atomic mass is 9.87. The van der Waals surface area contributed by atoms with Crippen molar-refractivity contribution >= 4 is 5.78 Å².